The average Bonchev–Trinajstić information content (AvgIpc) is 2.25. The Labute approximate surface area is 91.7 Å². The highest BCUT2D eigenvalue weighted by molar-refractivity contribution is 5.77. The van der Waals surface area contributed by atoms with Crippen LogP contribution in [0.15, 0.2) is 36.4 Å². The van der Waals surface area contributed by atoms with Crippen LogP contribution in [-0.2, 0) is 0 Å². The van der Waals surface area contributed by atoms with Crippen molar-refractivity contribution in [3.05, 3.63) is 36.4 Å². The Balaban J connectivity index is 2.66. The molecule has 4 heteroatoms. The van der Waals surface area contributed by atoms with E-state index in [1.807, 2.05) is 0 Å². The number of aromatic hydroxyl groups is 4. The monoisotopic (exact) mass is 218 g/mol. The Morgan fingerprint density at radius 3 is 1.31 bits per heavy atom. The van der Waals surface area contributed by atoms with E-state index in [0.29, 0.717) is 0 Å². The molecule has 0 saturated heterocycles. The van der Waals surface area contributed by atoms with Crippen LogP contribution >= 0.6 is 0 Å². The smallest absolute Gasteiger partial charge is 0.123 e. The van der Waals surface area contributed by atoms with Gasteiger partial charge in [-0.2, -0.15) is 0 Å². The maximum Gasteiger partial charge on any atom is 0.123 e. The molecule has 0 radical (unpaired) electrons. The van der Waals surface area contributed by atoms with E-state index < -0.39 is 0 Å². The minimum absolute atomic E-state index is 0.0319. The molecule has 2 aromatic rings. The number of hydrogen-bond donors (Lipinski definition) is 4. The quantitative estimate of drug-likeness (QED) is 0.553. The Hall–Kier alpha value is -2.36. The molecule has 0 fully saturated rings. The molecule has 4 N–H and O–H groups in total. The van der Waals surface area contributed by atoms with Gasteiger partial charge in [0, 0.05) is 11.1 Å². The van der Waals surface area contributed by atoms with Gasteiger partial charge in [-0.15, -0.1) is 0 Å². The third-order valence-corrected chi connectivity index (χ3v) is 2.25. The van der Waals surface area contributed by atoms with Crippen LogP contribution in [0.5, 0.6) is 23.0 Å². The topological polar surface area (TPSA) is 80.9 Å². The van der Waals surface area contributed by atoms with Crippen molar-refractivity contribution in [2.24, 2.45) is 0 Å². The summed E-state index contributed by atoms with van der Waals surface area (Å²) in [7, 11) is 0. The van der Waals surface area contributed by atoms with Crippen molar-refractivity contribution in [1.82, 2.24) is 0 Å². The van der Waals surface area contributed by atoms with Gasteiger partial charge in [-0.3, -0.25) is 0 Å². The highest BCUT2D eigenvalue weighted by Crippen LogP contribution is 2.38. The summed E-state index contributed by atoms with van der Waals surface area (Å²) in [6.45, 7) is 0. The first-order chi connectivity index (χ1) is 7.58. The zero-order valence-electron chi connectivity index (χ0n) is 8.25. The van der Waals surface area contributed by atoms with Crippen LogP contribution in [-0.4, -0.2) is 20.4 Å². The lowest BCUT2D eigenvalue weighted by molar-refractivity contribution is 0.455. The predicted octanol–water partition coefficient (Wildman–Crippen LogP) is 2.18. The molecule has 0 aliphatic rings. The second-order valence-electron chi connectivity index (χ2n) is 3.40. The first-order valence-electron chi connectivity index (χ1n) is 4.62. The highest BCUT2D eigenvalue weighted by Gasteiger charge is 2.10. The fraction of sp³-hybridized carbons (Fsp3) is 0. The van der Waals surface area contributed by atoms with Crippen molar-refractivity contribution in [2.45, 2.75) is 0 Å². The highest BCUT2D eigenvalue weighted by atomic mass is 16.3. The Morgan fingerprint density at radius 2 is 0.938 bits per heavy atom. The summed E-state index contributed by atoms with van der Waals surface area (Å²) in [5.74, 6) is -0.233. The van der Waals surface area contributed by atoms with Crippen molar-refractivity contribution in [3.63, 3.8) is 0 Å². The molecule has 0 saturated carbocycles. The lowest BCUT2D eigenvalue weighted by atomic mass is 10.0. The van der Waals surface area contributed by atoms with Gasteiger partial charge in [-0.1, -0.05) is 0 Å². The molecule has 0 heterocycles. The molecule has 2 aromatic carbocycles. The summed E-state index contributed by atoms with van der Waals surface area (Å²) in [6.07, 6.45) is 0. The van der Waals surface area contributed by atoms with Crippen LogP contribution in [0.25, 0.3) is 11.1 Å². The molecule has 0 aliphatic carbocycles. The van der Waals surface area contributed by atoms with Gasteiger partial charge < -0.3 is 20.4 Å². The maximum absolute atomic E-state index is 9.60. The largest absolute Gasteiger partial charge is 0.508 e. The van der Waals surface area contributed by atoms with Crippen LogP contribution in [0.3, 0.4) is 0 Å². The first-order valence-corrected chi connectivity index (χ1v) is 4.62. The molecule has 0 amide bonds. The minimum Gasteiger partial charge on any atom is -0.508 e. The molecule has 16 heavy (non-hydrogen) atoms. The Morgan fingerprint density at radius 1 is 0.562 bits per heavy atom. The van der Waals surface area contributed by atoms with Crippen molar-refractivity contribution in [3.8, 4) is 34.1 Å². The van der Waals surface area contributed by atoms with Gasteiger partial charge >= 0.3 is 0 Å². The van der Waals surface area contributed by atoms with Crippen LogP contribution in [0.1, 0.15) is 0 Å². The third kappa shape index (κ3) is 1.72. The first kappa shape index (κ1) is 10.2. The van der Waals surface area contributed by atoms with E-state index >= 15 is 0 Å². The van der Waals surface area contributed by atoms with Gasteiger partial charge in [0.05, 0.1) is 0 Å². The molecular weight excluding hydrogens is 208 g/mol. The lowest BCUT2D eigenvalue weighted by Crippen LogP contribution is -1.81. The molecule has 0 aromatic heterocycles. The van der Waals surface area contributed by atoms with E-state index in [1.54, 1.807) is 0 Å². The van der Waals surface area contributed by atoms with Crippen LogP contribution in [0.4, 0.5) is 0 Å². The summed E-state index contributed by atoms with van der Waals surface area (Å²) in [5, 5.41) is 37.8. The van der Waals surface area contributed by atoms with Gasteiger partial charge in [0.2, 0.25) is 0 Å². The van der Waals surface area contributed by atoms with Gasteiger partial charge in [-0.25, -0.2) is 0 Å². The zero-order valence-corrected chi connectivity index (χ0v) is 8.25. The molecular formula is C12H10O4. The number of hydrogen-bond acceptors (Lipinski definition) is 4. The normalized spacial score (nSPS) is 10.2. The average molecular weight is 218 g/mol. The molecule has 0 bridgehead atoms. The summed E-state index contributed by atoms with van der Waals surface area (Å²) in [4.78, 5) is 0. The SMILES string of the molecule is Oc1ccc(O)c(-c2cc(O)ccc2O)c1. The summed E-state index contributed by atoms with van der Waals surface area (Å²) in [6, 6.07) is 7.91. The van der Waals surface area contributed by atoms with E-state index in [-0.39, 0.29) is 34.1 Å². The lowest BCUT2D eigenvalue weighted by Gasteiger charge is -2.08. The number of benzene rings is 2. The van der Waals surface area contributed by atoms with Gasteiger partial charge in [-0.05, 0) is 36.4 Å². The van der Waals surface area contributed by atoms with Gasteiger partial charge in [0.15, 0.2) is 0 Å². The van der Waals surface area contributed by atoms with Crippen molar-refractivity contribution >= 4 is 0 Å². The van der Waals surface area contributed by atoms with Crippen LogP contribution in [0, 0.1) is 0 Å². The molecule has 0 spiro atoms. The number of rotatable bonds is 1. The molecule has 2 rings (SSSR count). The van der Waals surface area contributed by atoms with E-state index in [9.17, 15) is 20.4 Å². The minimum atomic E-state index is -0.0845. The molecule has 0 unspecified atom stereocenters. The molecule has 4 nitrogen and oxygen atoms in total. The fourth-order valence-electron chi connectivity index (χ4n) is 1.48. The second kappa shape index (κ2) is 3.66. The van der Waals surface area contributed by atoms with Crippen molar-refractivity contribution in [1.29, 1.82) is 0 Å². The van der Waals surface area contributed by atoms with Crippen LogP contribution in [0.2, 0.25) is 0 Å². The van der Waals surface area contributed by atoms with E-state index in [2.05, 4.69) is 0 Å². The van der Waals surface area contributed by atoms with Gasteiger partial charge in [0.1, 0.15) is 23.0 Å². The van der Waals surface area contributed by atoms with Gasteiger partial charge in [0.25, 0.3) is 0 Å². The van der Waals surface area contributed by atoms with Crippen molar-refractivity contribution in [2.75, 3.05) is 0 Å². The fourth-order valence-corrected chi connectivity index (χ4v) is 1.48. The third-order valence-electron chi connectivity index (χ3n) is 2.25. The van der Waals surface area contributed by atoms with E-state index in [0.717, 1.165) is 0 Å². The molecule has 0 atom stereocenters. The number of phenols is 4. The standard InChI is InChI=1S/C12H10O4/c13-7-1-3-11(15)9(5-7)10-6-8(14)2-4-12(10)16/h1-6,13-16H. The van der Waals surface area contributed by atoms with Crippen LogP contribution < -0.4 is 0 Å². The predicted molar refractivity (Wildman–Crippen MR) is 58.5 cm³/mol. The van der Waals surface area contributed by atoms with E-state index in [1.165, 1.54) is 36.4 Å². The summed E-state index contributed by atoms with van der Waals surface area (Å²) < 4.78 is 0. The Kier molecular flexibility index (Phi) is 2.32. The maximum atomic E-state index is 9.60. The summed E-state index contributed by atoms with van der Waals surface area (Å²) in [5.41, 5.74) is 0.516. The Bertz CT molecular complexity index is 485. The second-order valence-corrected chi connectivity index (χ2v) is 3.40. The van der Waals surface area contributed by atoms with Crippen molar-refractivity contribution < 1.29 is 20.4 Å². The summed E-state index contributed by atoms with van der Waals surface area (Å²) >= 11 is 0. The molecule has 82 valence electrons. The number of phenolic OH excluding ortho intramolecular Hbond substituents is 4. The molecule has 0 aliphatic heterocycles. The van der Waals surface area contributed by atoms with E-state index in [4.69, 9.17) is 0 Å². The zero-order chi connectivity index (χ0) is 11.7.